The Morgan fingerprint density at radius 2 is 1.84 bits per heavy atom. The highest BCUT2D eigenvalue weighted by Crippen LogP contribution is 2.01. The second-order valence-corrected chi connectivity index (χ2v) is 4.06. The van der Waals surface area contributed by atoms with Gasteiger partial charge in [0.25, 0.3) is 0 Å². The molecule has 0 aromatic heterocycles. The Hall–Kier alpha value is -1.83. The topological polar surface area (TPSA) is 134 Å². The summed E-state index contributed by atoms with van der Waals surface area (Å²) < 4.78 is 0. The summed E-state index contributed by atoms with van der Waals surface area (Å²) in [6.45, 7) is 2.36. The van der Waals surface area contributed by atoms with E-state index in [0.717, 1.165) is 0 Å². The van der Waals surface area contributed by atoms with Crippen molar-refractivity contribution in [3.8, 4) is 0 Å². The number of carboxylic acid groups (broad SMARTS) is 1. The second-order valence-electron chi connectivity index (χ2n) is 4.06. The maximum absolute atomic E-state index is 11.7. The van der Waals surface area contributed by atoms with Gasteiger partial charge in [-0.2, -0.15) is 0 Å². The number of hydrogen-bond acceptors (Lipinski definition) is 4. The van der Waals surface area contributed by atoms with Crippen molar-refractivity contribution in [3.63, 3.8) is 0 Å². The molecule has 1 atom stereocenters. The second kappa shape index (κ2) is 10.1. The molecular weight excluding hydrogens is 252 g/mol. The van der Waals surface area contributed by atoms with Gasteiger partial charge in [-0.3, -0.25) is 9.59 Å². The summed E-state index contributed by atoms with van der Waals surface area (Å²) in [5.74, 6) is -0.552. The highest BCUT2D eigenvalue weighted by molar-refractivity contribution is 5.86. The van der Waals surface area contributed by atoms with E-state index >= 15 is 0 Å². The summed E-state index contributed by atoms with van der Waals surface area (Å²) in [5, 5.41) is 15.8. The third-order valence-corrected chi connectivity index (χ3v) is 2.33. The van der Waals surface area contributed by atoms with Crippen LogP contribution in [0, 0.1) is 0 Å². The van der Waals surface area contributed by atoms with Gasteiger partial charge in [-0.25, -0.2) is 4.79 Å². The third kappa shape index (κ3) is 9.83. The summed E-state index contributed by atoms with van der Waals surface area (Å²) >= 11 is 0. The van der Waals surface area contributed by atoms with Gasteiger partial charge in [0.1, 0.15) is 6.04 Å². The Kier molecular flexibility index (Phi) is 9.15. The molecule has 0 aromatic rings. The minimum Gasteiger partial charge on any atom is -0.465 e. The summed E-state index contributed by atoms with van der Waals surface area (Å²) in [5.41, 5.74) is 5.28. The van der Waals surface area contributed by atoms with Gasteiger partial charge >= 0.3 is 6.09 Å². The summed E-state index contributed by atoms with van der Waals surface area (Å²) in [7, 11) is 0. The van der Waals surface area contributed by atoms with Crippen LogP contribution in [0.25, 0.3) is 0 Å². The van der Waals surface area contributed by atoms with E-state index in [9.17, 15) is 14.4 Å². The first-order valence-electron chi connectivity index (χ1n) is 6.19. The first-order valence-corrected chi connectivity index (χ1v) is 6.19. The fourth-order valence-corrected chi connectivity index (χ4v) is 1.50. The third-order valence-electron chi connectivity index (χ3n) is 2.33. The normalized spacial score (nSPS) is 11.5. The van der Waals surface area contributed by atoms with Crippen LogP contribution >= 0.6 is 0 Å². The minimum atomic E-state index is -1.07. The van der Waals surface area contributed by atoms with Crippen LogP contribution in [0.5, 0.6) is 0 Å². The Bertz CT molecular complexity index is 309. The smallest absolute Gasteiger partial charge is 0.404 e. The van der Waals surface area contributed by atoms with Crippen molar-refractivity contribution in [1.82, 2.24) is 16.0 Å². The van der Waals surface area contributed by atoms with Crippen molar-refractivity contribution in [2.75, 3.05) is 19.6 Å². The number of rotatable bonds is 9. The Morgan fingerprint density at radius 3 is 2.37 bits per heavy atom. The zero-order chi connectivity index (χ0) is 14.7. The van der Waals surface area contributed by atoms with Crippen LogP contribution in [0.3, 0.4) is 0 Å². The van der Waals surface area contributed by atoms with Gasteiger partial charge in [0.05, 0.1) is 0 Å². The number of nitrogens with one attached hydrogen (secondary N) is 3. The SMILES string of the molecule is CC(=O)NC(CCCCNC(=O)O)C(=O)NCCN. The van der Waals surface area contributed by atoms with Crippen LogP contribution in [-0.2, 0) is 9.59 Å². The summed E-state index contributed by atoms with van der Waals surface area (Å²) in [6.07, 6.45) is 0.615. The van der Waals surface area contributed by atoms with E-state index in [4.69, 9.17) is 10.8 Å². The molecule has 0 heterocycles. The highest BCUT2D eigenvalue weighted by Gasteiger charge is 2.18. The van der Waals surface area contributed by atoms with E-state index < -0.39 is 12.1 Å². The zero-order valence-electron chi connectivity index (χ0n) is 11.1. The van der Waals surface area contributed by atoms with Crippen LogP contribution < -0.4 is 21.7 Å². The average molecular weight is 274 g/mol. The molecule has 0 aliphatic rings. The van der Waals surface area contributed by atoms with Crippen molar-refractivity contribution in [1.29, 1.82) is 0 Å². The number of unbranched alkanes of at least 4 members (excludes halogenated alkanes) is 1. The molecule has 1 unspecified atom stereocenters. The van der Waals surface area contributed by atoms with E-state index in [1.807, 2.05) is 0 Å². The number of amides is 3. The molecular formula is C11H22N4O4. The molecule has 0 spiro atoms. The zero-order valence-corrected chi connectivity index (χ0v) is 11.1. The van der Waals surface area contributed by atoms with Gasteiger partial charge in [0.2, 0.25) is 11.8 Å². The molecule has 8 heteroatoms. The number of carbonyl (C=O) groups excluding carboxylic acids is 2. The van der Waals surface area contributed by atoms with E-state index in [2.05, 4.69) is 16.0 Å². The first-order chi connectivity index (χ1) is 8.97. The largest absolute Gasteiger partial charge is 0.465 e. The molecule has 6 N–H and O–H groups in total. The molecule has 0 saturated heterocycles. The molecule has 19 heavy (non-hydrogen) atoms. The summed E-state index contributed by atoms with van der Waals surface area (Å²) in [4.78, 5) is 32.9. The molecule has 8 nitrogen and oxygen atoms in total. The molecule has 0 saturated carbocycles. The molecule has 0 rings (SSSR count). The quantitative estimate of drug-likeness (QED) is 0.344. The lowest BCUT2D eigenvalue weighted by Crippen LogP contribution is -2.47. The van der Waals surface area contributed by atoms with Gasteiger partial charge in [-0.1, -0.05) is 0 Å². The fourth-order valence-electron chi connectivity index (χ4n) is 1.50. The predicted molar refractivity (Wildman–Crippen MR) is 69.5 cm³/mol. The van der Waals surface area contributed by atoms with Crippen LogP contribution in [0.2, 0.25) is 0 Å². The maximum atomic E-state index is 11.7. The number of hydrogen-bond donors (Lipinski definition) is 5. The Labute approximate surface area is 112 Å². The number of carbonyl (C=O) groups is 3. The van der Waals surface area contributed by atoms with Crippen LogP contribution in [0.1, 0.15) is 26.2 Å². The van der Waals surface area contributed by atoms with Crippen molar-refractivity contribution < 1.29 is 19.5 Å². The molecule has 0 bridgehead atoms. The molecule has 110 valence electrons. The lowest BCUT2D eigenvalue weighted by Gasteiger charge is -2.17. The molecule has 0 aliphatic heterocycles. The van der Waals surface area contributed by atoms with Gasteiger partial charge in [0, 0.05) is 26.6 Å². The van der Waals surface area contributed by atoms with Gasteiger partial charge in [-0.05, 0) is 19.3 Å². The summed E-state index contributed by atoms with van der Waals surface area (Å²) in [6, 6.07) is -0.603. The molecule has 0 aromatic carbocycles. The molecule has 3 amide bonds. The average Bonchev–Trinajstić information content (AvgIpc) is 2.33. The van der Waals surface area contributed by atoms with Crippen LogP contribution in [-0.4, -0.2) is 48.7 Å². The fraction of sp³-hybridized carbons (Fsp3) is 0.727. The monoisotopic (exact) mass is 274 g/mol. The highest BCUT2D eigenvalue weighted by atomic mass is 16.4. The Balaban J connectivity index is 4.02. The molecule has 0 aliphatic carbocycles. The van der Waals surface area contributed by atoms with E-state index in [1.54, 1.807) is 0 Å². The lowest BCUT2D eigenvalue weighted by atomic mass is 10.1. The van der Waals surface area contributed by atoms with E-state index in [-0.39, 0.29) is 11.8 Å². The van der Waals surface area contributed by atoms with Gasteiger partial charge < -0.3 is 26.8 Å². The van der Waals surface area contributed by atoms with Crippen molar-refractivity contribution in [2.45, 2.75) is 32.2 Å². The van der Waals surface area contributed by atoms with Crippen molar-refractivity contribution >= 4 is 17.9 Å². The van der Waals surface area contributed by atoms with Crippen LogP contribution in [0.15, 0.2) is 0 Å². The molecule has 0 radical (unpaired) electrons. The van der Waals surface area contributed by atoms with Crippen molar-refractivity contribution in [2.24, 2.45) is 5.73 Å². The first kappa shape index (κ1) is 17.2. The van der Waals surface area contributed by atoms with Crippen molar-refractivity contribution in [3.05, 3.63) is 0 Å². The predicted octanol–water partition coefficient (Wildman–Crippen LogP) is -0.996. The van der Waals surface area contributed by atoms with E-state index in [1.165, 1.54) is 6.92 Å². The van der Waals surface area contributed by atoms with E-state index in [0.29, 0.717) is 38.9 Å². The van der Waals surface area contributed by atoms with Crippen LogP contribution in [0.4, 0.5) is 4.79 Å². The standard InChI is InChI=1S/C11H22N4O4/c1-8(16)15-9(10(17)13-7-5-12)4-2-3-6-14-11(18)19/h9,14H,2-7,12H2,1H3,(H,13,17)(H,15,16)(H,18,19). The maximum Gasteiger partial charge on any atom is 0.404 e. The number of nitrogens with two attached hydrogens (primary N) is 1. The minimum absolute atomic E-state index is 0.271. The lowest BCUT2D eigenvalue weighted by molar-refractivity contribution is -0.128. The Morgan fingerprint density at radius 1 is 1.16 bits per heavy atom. The molecule has 0 fully saturated rings. The van der Waals surface area contributed by atoms with Gasteiger partial charge in [-0.15, -0.1) is 0 Å². The van der Waals surface area contributed by atoms with Gasteiger partial charge in [0.15, 0.2) is 0 Å².